The normalized spacial score (nSPS) is 10.3. The summed E-state index contributed by atoms with van der Waals surface area (Å²) in [6.45, 7) is 3.95. The average molecular weight is 384 g/mol. The van der Waals surface area contributed by atoms with Crippen molar-refractivity contribution in [2.24, 2.45) is 0 Å². The van der Waals surface area contributed by atoms with Crippen LogP contribution in [0.25, 0.3) is 0 Å². The molecule has 0 aliphatic rings. The number of nitrogens with zero attached hydrogens (tertiary/aromatic N) is 2. The molecule has 0 atom stereocenters. The molecule has 1 aromatic heterocycles. The Morgan fingerprint density at radius 2 is 1.81 bits per heavy atom. The highest BCUT2D eigenvalue weighted by molar-refractivity contribution is 6.33. The average Bonchev–Trinajstić information content (AvgIpc) is 2.62. The van der Waals surface area contributed by atoms with Gasteiger partial charge in [0.2, 0.25) is 5.88 Å². The second-order valence-electron chi connectivity index (χ2n) is 5.93. The van der Waals surface area contributed by atoms with Crippen LogP contribution in [0.1, 0.15) is 21.5 Å². The number of rotatable bonds is 5. The van der Waals surface area contributed by atoms with Gasteiger partial charge in [0.1, 0.15) is 17.8 Å². The van der Waals surface area contributed by atoms with E-state index < -0.39 is 5.91 Å². The van der Waals surface area contributed by atoms with E-state index >= 15 is 0 Å². The molecule has 0 saturated carbocycles. The molecule has 1 heterocycles. The fourth-order valence-corrected chi connectivity index (χ4v) is 2.71. The first-order chi connectivity index (χ1) is 12.9. The van der Waals surface area contributed by atoms with Gasteiger partial charge in [-0.1, -0.05) is 29.8 Å². The van der Waals surface area contributed by atoms with Gasteiger partial charge < -0.3 is 10.5 Å². The zero-order valence-electron chi connectivity index (χ0n) is 14.8. The van der Waals surface area contributed by atoms with Gasteiger partial charge in [0, 0.05) is 0 Å². The smallest absolute Gasteiger partial charge is 0.271 e. The molecule has 27 heavy (non-hydrogen) atoms. The molecule has 0 bridgehead atoms. The second kappa shape index (κ2) is 7.92. The van der Waals surface area contributed by atoms with Gasteiger partial charge in [0.25, 0.3) is 5.91 Å². The molecule has 0 saturated heterocycles. The summed E-state index contributed by atoms with van der Waals surface area (Å²) >= 11 is 6.01. The molecule has 0 unspecified atom stereocenters. The molecule has 0 radical (unpaired) electrons. The molecular weight excluding hydrogens is 366 g/mol. The van der Waals surface area contributed by atoms with Crippen LogP contribution in [-0.4, -0.2) is 15.9 Å². The maximum Gasteiger partial charge on any atom is 0.271 e. The number of carbonyl (C=O) groups is 1. The van der Waals surface area contributed by atoms with Crippen LogP contribution in [0.5, 0.6) is 11.6 Å². The van der Waals surface area contributed by atoms with E-state index in [-0.39, 0.29) is 17.4 Å². The minimum atomic E-state index is -0.421. The van der Waals surface area contributed by atoms with E-state index in [4.69, 9.17) is 22.1 Å². The number of aromatic nitrogens is 2. The molecule has 138 valence electrons. The molecule has 3 aromatic rings. The van der Waals surface area contributed by atoms with Crippen molar-refractivity contribution in [2.45, 2.75) is 13.8 Å². The standard InChI is InChI=1S/C19H18ClN5O2/c1-11-7-12(2)9-13(8-11)27-19-16(21)17(22-10-23-19)24-25-18(26)14-5-3-4-6-15(14)20/h3-10H,21H2,1-2H3,(H,25,26)(H,22,23,24). The molecular formula is C19H18ClN5O2. The van der Waals surface area contributed by atoms with Crippen LogP contribution < -0.4 is 21.3 Å². The lowest BCUT2D eigenvalue weighted by molar-refractivity contribution is 0.0962. The molecule has 0 spiro atoms. The van der Waals surface area contributed by atoms with E-state index in [1.54, 1.807) is 24.3 Å². The summed E-state index contributed by atoms with van der Waals surface area (Å²) in [5.74, 6) is 0.591. The maximum atomic E-state index is 12.2. The Labute approximate surface area is 161 Å². The van der Waals surface area contributed by atoms with Gasteiger partial charge in [-0.2, -0.15) is 4.98 Å². The van der Waals surface area contributed by atoms with Gasteiger partial charge in [-0.3, -0.25) is 15.6 Å². The first kappa shape index (κ1) is 18.5. The largest absolute Gasteiger partial charge is 0.437 e. The summed E-state index contributed by atoms with van der Waals surface area (Å²) in [5, 5.41) is 0.339. The van der Waals surface area contributed by atoms with Gasteiger partial charge in [0.15, 0.2) is 5.82 Å². The van der Waals surface area contributed by atoms with E-state index in [0.29, 0.717) is 16.3 Å². The summed E-state index contributed by atoms with van der Waals surface area (Å²) in [6.07, 6.45) is 1.29. The number of nitrogens with one attached hydrogen (secondary N) is 2. The second-order valence-corrected chi connectivity index (χ2v) is 6.33. The third kappa shape index (κ3) is 4.45. The Morgan fingerprint density at radius 3 is 2.52 bits per heavy atom. The van der Waals surface area contributed by atoms with E-state index in [2.05, 4.69) is 20.8 Å². The van der Waals surface area contributed by atoms with Crippen LogP contribution in [0.4, 0.5) is 11.5 Å². The van der Waals surface area contributed by atoms with Crippen molar-refractivity contribution in [1.82, 2.24) is 15.4 Å². The predicted molar refractivity (Wildman–Crippen MR) is 105 cm³/mol. The van der Waals surface area contributed by atoms with E-state index in [9.17, 15) is 4.79 Å². The van der Waals surface area contributed by atoms with Crippen molar-refractivity contribution in [2.75, 3.05) is 11.2 Å². The molecule has 4 N–H and O–H groups in total. The van der Waals surface area contributed by atoms with Gasteiger partial charge in [-0.25, -0.2) is 4.98 Å². The highest BCUT2D eigenvalue weighted by Crippen LogP contribution is 2.29. The number of nitrogen functional groups attached to an aromatic ring is 1. The minimum absolute atomic E-state index is 0.163. The lowest BCUT2D eigenvalue weighted by Crippen LogP contribution is -2.30. The van der Waals surface area contributed by atoms with Crippen molar-refractivity contribution in [3.63, 3.8) is 0 Å². The number of hydrogen-bond donors (Lipinski definition) is 3. The molecule has 7 nitrogen and oxygen atoms in total. The first-order valence-corrected chi connectivity index (χ1v) is 8.49. The fourth-order valence-electron chi connectivity index (χ4n) is 2.49. The van der Waals surface area contributed by atoms with Crippen LogP contribution in [0.2, 0.25) is 5.02 Å². The number of amides is 1. The lowest BCUT2D eigenvalue weighted by Gasteiger charge is -2.13. The van der Waals surface area contributed by atoms with Crippen LogP contribution in [0, 0.1) is 13.8 Å². The summed E-state index contributed by atoms with van der Waals surface area (Å²) < 4.78 is 5.77. The Bertz CT molecular complexity index is 973. The van der Waals surface area contributed by atoms with Crippen molar-refractivity contribution >= 4 is 29.0 Å². The van der Waals surface area contributed by atoms with Crippen molar-refractivity contribution in [1.29, 1.82) is 0 Å². The molecule has 0 aliphatic carbocycles. The number of benzene rings is 2. The third-order valence-electron chi connectivity index (χ3n) is 3.67. The number of aryl methyl sites for hydroxylation is 2. The SMILES string of the molecule is Cc1cc(C)cc(Oc2ncnc(NNC(=O)c3ccccc3Cl)c2N)c1. The van der Waals surface area contributed by atoms with Gasteiger partial charge >= 0.3 is 0 Å². The van der Waals surface area contributed by atoms with Gasteiger partial charge in [-0.05, 0) is 49.2 Å². The highest BCUT2D eigenvalue weighted by Gasteiger charge is 2.13. The van der Waals surface area contributed by atoms with E-state index in [1.807, 2.05) is 32.0 Å². The van der Waals surface area contributed by atoms with Gasteiger partial charge in [0.05, 0.1) is 10.6 Å². The molecule has 0 aliphatic heterocycles. The quantitative estimate of drug-likeness (QED) is 0.578. The Morgan fingerprint density at radius 1 is 1.11 bits per heavy atom. The summed E-state index contributed by atoms with van der Waals surface area (Å²) in [5.41, 5.74) is 13.9. The third-order valence-corrected chi connectivity index (χ3v) is 4.00. The zero-order valence-corrected chi connectivity index (χ0v) is 15.5. The monoisotopic (exact) mass is 383 g/mol. The highest BCUT2D eigenvalue weighted by atomic mass is 35.5. The number of halogens is 1. The number of ether oxygens (including phenoxy) is 1. The van der Waals surface area contributed by atoms with Crippen LogP contribution >= 0.6 is 11.6 Å². The van der Waals surface area contributed by atoms with Crippen molar-refractivity contribution in [3.8, 4) is 11.6 Å². The maximum absolute atomic E-state index is 12.2. The number of hydrazine groups is 1. The minimum Gasteiger partial charge on any atom is -0.437 e. The topological polar surface area (TPSA) is 102 Å². The zero-order chi connectivity index (χ0) is 19.4. The number of carbonyl (C=O) groups excluding carboxylic acids is 1. The van der Waals surface area contributed by atoms with Crippen molar-refractivity contribution < 1.29 is 9.53 Å². The summed E-state index contributed by atoms with van der Waals surface area (Å²) in [7, 11) is 0. The number of nitrogens with two attached hydrogens (primary N) is 1. The Balaban J connectivity index is 1.75. The summed E-state index contributed by atoms with van der Waals surface area (Å²) in [4.78, 5) is 20.3. The molecule has 1 amide bonds. The molecule has 8 heteroatoms. The van der Waals surface area contributed by atoms with E-state index in [0.717, 1.165) is 11.1 Å². The first-order valence-electron chi connectivity index (χ1n) is 8.11. The number of hydrogen-bond acceptors (Lipinski definition) is 6. The van der Waals surface area contributed by atoms with Gasteiger partial charge in [-0.15, -0.1) is 0 Å². The Kier molecular flexibility index (Phi) is 5.42. The molecule has 2 aromatic carbocycles. The van der Waals surface area contributed by atoms with Crippen LogP contribution in [0.15, 0.2) is 48.8 Å². The summed E-state index contributed by atoms with van der Waals surface area (Å²) in [6, 6.07) is 12.5. The molecule has 0 fully saturated rings. The van der Waals surface area contributed by atoms with Crippen molar-refractivity contribution in [3.05, 3.63) is 70.5 Å². The number of anilines is 2. The van der Waals surface area contributed by atoms with Crippen LogP contribution in [0.3, 0.4) is 0 Å². The lowest BCUT2D eigenvalue weighted by atomic mass is 10.1. The predicted octanol–water partition coefficient (Wildman–Crippen LogP) is 3.88. The fraction of sp³-hybridized carbons (Fsp3) is 0.105. The molecule has 3 rings (SSSR count). The van der Waals surface area contributed by atoms with Crippen LogP contribution in [-0.2, 0) is 0 Å². The Hall–Kier alpha value is -3.32. The van der Waals surface area contributed by atoms with E-state index in [1.165, 1.54) is 6.33 Å².